The first kappa shape index (κ1) is 14.3. The molecule has 1 heterocycles. The maximum Gasteiger partial charge on any atom is 0.414 e. The fourth-order valence-electron chi connectivity index (χ4n) is 1.55. The number of aromatic amines is 1. The number of carbonyl (C=O) groups is 2. The van der Waals surface area contributed by atoms with Gasteiger partial charge in [0.05, 0.1) is 0 Å². The lowest BCUT2D eigenvalue weighted by molar-refractivity contribution is -0.137. The highest BCUT2D eigenvalue weighted by Gasteiger charge is 2.14. The third-order valence-electron chi connectivity index (χ3n) is 2.48. The van der Waals surface area contributed by atoms with Crippen LogP contribution in [0, 0.1) is 0 Å². The molecular formula is C12H12N4O5. The lowest BCUT2D eigenvalue weighted by Gasteiger charge is -2.06. The Kier molecular flexibility index (Phi) is 4.34. The summed E-state index contributed by atoms with van der Waals surface area (Å²) in [5, 5.41) is 16.4. The predicted molar refractivity (Wildman–Crippen MR) is 70.7 cm³/mol. The number of nitrogens with one attached hydrogen (secondary N) is 2. The number of aromatic nitrogens is 3. The summed E-state index contributed by atoms with van der Waals surface area (Å²) >= 11 is 0. The van der Waals surface area contributed by atoms with Gasteiger partial charge >= 0.3 is 17.8 Å². The quantitative estimate of drug-likeness (QED) is 0.732. The molecule has 0 saturated carbocycles. The molecule has 0 aliphatic heterocycles. The number of carboxylic acids is 1. The van der Waals surface area contributed by atoms with Gasteiger partial charge in [-0.1, -0.05) is 30.3 Å². The highest BCUT2D eigenvalue weighted by molar-refractivity contribution is 5.82. The third-order valence-corrected chi connectivity index (χ3v) is 2.48. The van der Waals surface area contributed by atoms with Gasteiger partial charge in [0.1, 0.15) is 13.2 Å². The van der Waals surface area contributed by atoms with Crippen molar-refractivity contribution >= 4 is 18.0 Å². The minimum Gasteiger partial charge on any atom is -0.480 e. The van der Waals surface area contributed by atoms with Crippen molar-refractivity contribution in [1.82, 2.24) is 14.8 Å². The second-order valence-electron chi connectivity index (χ2n) is 4.02. The second-order valence-corrected chi connectivity index (χ2v) is 4.02. The van der Waals surface area contributed by atoms with E-state index in [0.717, 1.165) is 10.1 Å². The molecule has 21 heavy (non-hydrogen) atoms. The molecule has 9 heteroatoms. The summed E-state index contributed by atoms with van der Waals surface area (Å²) in [6, 6.07) is 8.99. The van der Waals surface area contributed by atoms with Gasteiger partial charge in [0.25, 0.3) is 0 Å². The molecule has 9 nitrogen and oxygen atoms in total. The SMILES string of the molecule is O=C(O)Cn1c(NC(=O)OCc2ccccc2)n[nH]c1=O. The Morgan fingerprint density at radius 1 is 1.33 bits per heavy atom. The third kappa shape index (κ3) is 3.93. The Hall–Kier alpha value is -3.10. The summed E-state index contributed by atoms with van der Waals surface area (Å²) in [5.41, 5.74) is 0.0494. The van der Waals surface area contributed by atoms with E-state index in [1.165, 1.54) is 0 Å². The van der Waals surface area contributed by atoms with Crippen molar-refractivity contribution in [3.8, 4) is 0 Å². The number of hydrogen-bond acceptors (Lipinski definition) is 5. The second kappa shape index (κ2) is 6.37. The van der Waals surface area contributed by atoms with Crippen molar-refractivity contribution in [1.29, 1.82) is 0 Å². The zero-order chi connectivity index (χ0) is 15.2. The molecule has 0 radical (unpaired) electrons. The van der Waals surface area contributed by atoms with Crippen molar-refractivity contribution in [2.75, 3.05) is 5.32 Å². The van der Waals surface area contributed by atoms with Crippen LogP contribution in [0.3, 0.4) is 0 Å². The molecule has 2 aromatic rings. The molecule has 0 aliphatic carbocycles. The number of rotatable bonds is 5. The van der Waals surface area contributed by atoms with Crippen LogP contribution in [-0.4, -0.2) is 31.9 Å². The highest BCUT2D eigenvalue weighted by Crippen LogP contribution is 2.03. The van der Waals surface area contributed by atoms with Gasteiger partial charge in [-0.2, -0.15) is 0 Å². The molecule has 0 atom stereocenters. The minimum absolute atomic E-state index is 0.0419. The Morgan fingerprint density at radius 2 is 2.05 bits per heavy atom. The molecule has 1 aromatic heterocycles. The minimum atomic E-state index is -1.24. The summed E-state index contributed by atoms with van der Waals surface area (Å²) in [7, 11) is 0. The number of anilines is 1. The van der Waals surface area contributed by atoms with Gasteiger partial charge < -0.3 is 9.84 Å². The van der Waals surface area contributed by atoms with E-state index in [1.807, 2.05) is 11.2 Å². The molecule has 0 aliphatic rings. The van der Waals surface area contributed by atoms with Crippen molar-refractivity contribution in [3.63, 3.8) is 0 Å². The van der Waals surface area contributed by atoms with E-state index in [2.05, 4.69) is 10.4 Å². The van der Waals surface area contributed by atoms with E-state index >= 15 is 0 Å². The number of H-pyrrole nitrogens is 1. The predicted octanol–water partition coefficient (Wildman–Crippen LogP) is 0.405. The van der Waals surface area contributed by atoms with Crippen LogP contribution in [0.15, 0.2) is 35.1 Å². The van der Waals surface area contributed by atoms with Crippen LogP contribution < -0.4 is 11.0 Å². The zero-order valence-electron chi connectivity index (χ0n) is 10.8. The standard InChI is InChI=1S/C12H12N4O5/c17-9(18)6-16-10(14-15-11(16)19)13-12(20)21-7-8-4-2-1-3-5-8/h1-5H,6-7H2,(H,15,19)(H,17,18)(H,13,14,20). The summed E-state index contributed by atoms with van der Waals surface area (Å²) in [6.07, 6.45) is -0.843. The molecular weight excluding hydrogens is 280 g/mol. The Balaban J connectivity index is 1.97. The van der Waals surface area contributed by atoms with Crippen LogP contribution in [0.1, 0.15) is 5.56 Å². The average Bonchev–Trinajstić information content (AvgIpc) is 2.79. The van der Waals surface area contributed by atoms with Gasteiger partial charge in [-0.15, -0.1) is 5.10 Å². The fraction of sp³-hybridized carbons (Fsp3) is 0.167. The largest absolute Gasteiger partial charge is 0.480 e. The summed E-state index contributed by atoms with van der Waals surface area (Å²) in [4.78, 5) is 33.5. The number of hydrogen-bond donors (Lipinski definition) is 3. The molecule has 3 N–H and O–H groups in total. The van der Waals surface area contributed by atoms with Crippen molar-refractivity contribution in [2.24, 2.45) is 0 Å². The number of carboxylic acid groups (broad SMARTS) is 1. The van der Waals surface area contributed by atoms with Gasteiger partial charge in [0, 0.05) is 0 Å². The van der Waals surface area contributed by atoms with Gasteiger partial charge in [-0.05, 0) is 5.56 Å². The normalized spacial score (nSPS) is 10.1. The van der Waals surface area contributed by atoms with Crippen LogP contribution in [0.25, 0.3) is 0 Å². The molecule has 0 saturated heterocycles. The Bertz CT molecular complexity index is 691. The van der Waals surface area contributed by atoms with E-state index in [1.54, 1.807) is 24.3 Å². The Morgan fingerprint density at radius 3 is 2.71 bits per heavy atom. The number of aliphatic carboxylic acids is 1. The van der Waals surface area contributed by atoms with E-state index in [-0.39, 0.29) is 12.6 Å². The van der Waals surface area contributed by atoms with E-state index in [4.69, 9.17) is 9.84 Å². The summed E-state index contributed by atoms with van der Waals surface area (Å²) in [6.45, 7) is -0.579. The van der Waals surface area contributed by atoms with Crippen LogP contribution in [-0.2, 0) is 22.7 Å². The van der Waals surface area contributed by atoms with Gasteiger partial charge in [-0.3, -0.25) is 10.1 Å². The number of carbonyl (C=O) groups excluding carboxylic acids is 1. The molecule has 0 fully saturated rings. The molecule has 0 bridgehead atoms. The van der Waals surface area contributed by atoms with Crippen molar-refractivity contribution < 1.29 is 19.4 Å². The van der Waals surface area contributed by atoms with Crippen LogP contribution in [0.2, 0.25) is 0 Å². The smallest absolute Gasteiger partial charge is 0.414 e. The van der Waals surface area contributed by atoms with Crippen LogP contribution >= 0.6 is 0 Å². The molecule has 2 rings (SSSR count). The fourth-order valence-corrected chi connectivity index (χ4v) is 1.55. The lowest BCUT2D eigenvalue weighted by atomic mass is 10.2. The first-order valence-corrected chi connectivity index (χ1v) is 5.91. The maximum absolute atomic E-state index is 11.6. The molecule has 0 unspecified atom stereocenters. The average molecular weight is 292 g/mol. The van der Waals surface area contributed by atoms with Crippen molar-refractivity contribution in [2.45, 2.75) is 13.2 Å². The van der Waals surface area contributed by atoms with Gasteiger partial charge in [0.2, 0.25) is 5.95 Å². The first-order chi connectivity index (χ1) is 10.1. The van der Waals surface area contributed by atoms with Crippen molar-refractivity contribution in [3.05, 3.63) is 46.4 Å². The van der Waals surface area contributed by atoms with Gasteiger partial charge in [-0.25, -0.2) is 19.3 Å². The molecule has 1 aromatic carbocycles. The first-order valence-electron chi connectivity index (χ1n) is 5.91. The number of benzene rings is 1. The monoisotopic (exact) mass is 292 g/mol. The van der Waals surface area contributed by atoms with E-state index in [0.29, 0.717) is 0 Å². The zero-order valence-corrected chi connectivity index (χ0v) is 10.8. The summed E-state index contributed by atoms with van der Waals surface area (Å²) < 4.78 is 5.70. The number of amides is 1. The summed E-state index contributed by atoms with van der Waals surface area (Å²) in [5.74, 6) is -1.46. The maximum atomic E-state index is 11.6. The van der Waals surface area contributed by atoms with E-state index in [9.17, 15) is 14.4 Å². The topological polar surface area (TPSA) is 126 Å². The molecule has 110 valence electrons. The van der Waals surface area contributed by atoms with Crippen LogP contribution in [0.4, 0.5) is 10.7 Å². The van der Waals surface area contributed by atoms with Gasteiger partial charge in [0.15, 0.2) is 0 Å². The van der Waals surface area contributed by atoms with E-state index < -0.39 is 24.3 Å². The lowest BCUT2D eigenvalue weighted by Crippen LogP contribution is -2.25. The number of ether oxygens (including phenoxy) is 1. The number of nitrogens with zero attached hydrogens (tertiary/aromatic N) is 2. The highest BCUT2D eigenvalue weighted by atomic mass is 16.5. The van der Waals surface area contributed by atoms with Crippen LogP contribution in [0.5, 0.6) is 0 Å². The molecule has 0 spiro atoms. The Labute approximate surface area is 118 Å². The molecule has 1 amide bonds.